The molecule has 11 heavy (non-hydrogen) atoms. The Kier molecular flexibility index (Phi) is 4.63. The summed E-state index contributed by atoms with van der Waals surface area (Å²) in [5.74, 6) is 0.0294. The molecule has 0 amide bonds. The molecule has 0 spiro atoms. The number of hydrogen-bond donors (Lipinski definition) is 1. The third-order valence-electron chi connectivity index (χ3n) is 0.941. The average Bonchev–Trinajstić information content (AvgIpc) is 1.81. The maximum Gasteiger partial charge on any atom is 0.268 e. The molecule has 0 radical (unpaired) electrons. The van der Waals surface area contributed by atoms with Crippen molar-refractivity contribution in [3.05, 3.63) is 0 Å². The lowest BCUT2D eigenvalue weighted by molar-refractivity contribution is 0.249. The van der Waals surface area contributed by atoms with Gasteiger partial charge in [-0.2, -0.15) is 8.42 Å². The molecule has 0 rings (SSSR count). The smallest absolute Gasteiger partial charge is 0.268 e. The Morgan fingerprint density at radius 1 is 1.45 bits per heavy atom. The van der Waals surface area contributed by atoms with Gasteiger partial charge in [-0.3, -0.25) is 4.18 Å². The molecule has 0 aromatic heterocycles. The molecular formula is C6H15NO3S. The van der Waals surface area contributed by atoms with Crippen molar-refractivity contribution in [3.63, 3.8) is 0 Å². The number of nitrogens with one attached hydrogen (secondary N) is 1. The molecule has 0 heterocycles. The quantitative estimate of drug-likeness (QED) is 0.605. The van der Waals surface area contributed by atoms with Crippen LogP contribution in [0.4, 0.5) is 0 Å². The summed E-state index contributed by atoms with van der Waals surface area (Å²) < 4.78 is 26.5. The predicted molar refractivity (Wildman–Crippen MR) is 43.9 cm³/mol. The first-order chi connectivity index (χ1) is 4.98. The van der Waals surface area contributed by atoms with Gasteiger partial charge in [0.2, 0.25) is 0 Å². The SMILES string of the molecule is CNCCS(=O)(=O)OC(C)C. The lowest BCUT2D eigenvalue weighted by Crippen LogP contribution is -2.23. The van der Waals surface area contributed by atoms with E-state index in [9.17, 15) is 8.42 Å². The minimum atomic E-state index is -3.31. The minimum Gasteiger partial charge on any atom is -0.319 e. The van der Waals surface area contributed by atoms with Crippen molar-refractivity contribution in [2.45, 2.75) is 20.0 Å². The summed E-state index contributed by atoms with van der Waals surface area (Å²) >= 11 is 0. The van der Waals surface area contributed by atoms with Crippen LogP contribution in [0.3, 0.4) is 0 Å². The molecule has 0 unspecified atom stereocenters. The number of hydrogen-bond acceptors (Lipinski definition) is 4. The van der Waals surface area contributed by atoms with Gasteiger partial charge in [-0.1, -0.05) is 0 Å². The molecule has 0 fully saturated rings. The molecule has 5 heteroatoms. The second-order valence-corrected chi connectivity index (χ2v) is 4.23. The largest absolute Gasteiger partial charge is 0.319 e. The molecule has 0 atom stereocenters. The van der Waals surface area contributed by atoms with Crippen LogP contribution in [-0.2, 0) is 14.3 Å². The van der Waals surface area contributed by atoms with Gasteiger partial charge in [-0.05, 0) is 20.9 Å². The van der Waals surface area contributed by atoms with E-state index in [1.807, 2.05) is 0 Å². The minimum absolute atomic E-state index is 0.0294. The predicted octanol–water partition coefficient (Wildman–Crippen LogP) is -0.0394. The van der Waals surface area contributed by atoms with Gasteiger partial charge < -0.3 is 5.32 Å². The molecule has 4 nitrogen and oxygen atoms in total. The Labute approximate surface area is 68.1 Å². The topological polar surface area (TPSA) is 55.4 Å². The van der Waals surface area contributed by atoms with Gasteiger partial charge in [-0.15, -0.1) is 0 Å². The third kappa shape index (κ3) is 6.28. The van der Waals surface area contributed by atoms with Gasteiger partial charge >= 0.3 is 0 Å². The summed E-state index contributed by atoms with van der Waals surface area (Å²) in [5, 5.41) is 2.74. The molecule has 0 aromatic carbocycles. The molecule has 0 aromatic rings. The molecule has 0 bridgehead atoms. The van der Waals surface area contributed by atoms with E-state index in [0.717, 1.165) is 0 Å². The van der Waals surface area contributed by atoms with Crippen LogP contribution in [-0.4, -0.2) is 33.9 Å². The van der Waals surface area contributed by atoms with E-state index >= 15 is 0 Å². The lowest BCUT2D eigenvalue weighted by Gasteiger charge is -2.07. The van der Waals surface area contributed by atoms with Crippen molar-refractivity contribution in [2.24, 2.45) is 0 Å². The lowest BCUT2D eigenvalue weighted by atomic mass is 10.5. The molecule has 0 aliphatic rings. The summed E-state index contributed by atoms with van der Waals surface area (Å²) in [4.78, 5) is 0. The van der Waals surface area contributed by atoms with Crippen LogP contribution >= 0.6 is 0 Å². The standard InChI is InChI=1S/C6H15NO3S/c1-6(2)10-11(8,9)5-4-7-3/h6-7H,4-5H2,1-3H3. The average molecular weight is 181 g/mol. The summed E-state index contributed by atoms with van der Waals surface area (Å²) in [6, 6.07) is 0. The van der Waals surface area contributed by atoms with E-state index < -0.39 is 10.1 Å². The van der Waals surface area contributed by atoms with E-state index in [4.69, 9.17) is 0 Å². The van der Waals surface area contributed by atoms with Crippen molar-refractivity contribution >= 4 is 10.1 Å². The molecule has 0 saturated carbocycles. The first kappa shape index (κ1) is 10.9. The summed E-state index contributed by atoms with van der Waals surface area (Å²) in [6.45, 7) is 3.81. The summed E-state index contributed by atoms with van der Waals surface area (Å²) in [6.07, 6.45) is -0.267. The van der Waals surface area contributed by atoms with Gasteiger partial charge in [0, 0.05) is 6.54 Å². The van der Waals surface area contributed by atoms with Crippen molar-refractivity contribution in [3.8, 4) is 0 Å². The van der Waals surface area contributed by atoms with Crippen molar-refractivity contribution in [1.82, 2.24) is 5.32 Å². The van der Waals surface area contributed by atoms with Crippen LogP contribution in [0.15, 0.2) is 0 Å². The summed E-state index contributed by atoms with van der Waals surface area (Å²) in [5.41, 5.74) is 0. The second-order valence-electron chi connectivity index (χ2n) is 2.51. The fourth-order valence-electron chi connectivity index (χ4n) is 0.568. The van der Waals surface area contributed by atoms with Crippen LogP contribution in [0.25, 0.3) is 0 Å². The normalized spacial score (nSPS) is 12.4. The highest BCUT2D eigenvalue weighted by molar-refractivity contribution is 7.86. The van der Waals surface area contributed by atoms with Crippen LogP contribution in [0.5, 0.6) is 0 Å². The molecule has 1 N–H and O–H groups in total. The maximum absolute atomic E-state index is 10.9. The third-order valence-corrected chi connectivity index (χ3v) is 2.32. The molecule has 0 aliphatic carbocycles. The monoisotopic (exact) mass is 181 g/mol. The molecule has 68 valence electrons. The Morgan fingerprint density at radius 2 is 2.00 bits per heavy atom. The Hall–Kier alpha value is -0.130. The van der Waals surface area contributed by atoms with Crippen molar-refractivity contribution in [2.75, 3.05) is 19.3 Å². The van der Waals surface area contributed by atoms with Gasteiger partial charge in [0.05, 0.1) is 11.9 Å². The number of rotatable bonds is 5. The zero-order valence-corrected chi connectivity index (χ0v) is 7.94. The highest BCUT2D eigenvalue weighted by Crippen LogP contribution is 1.97. The van der Waals surface area contributed by atoms with E-state index in [0.29, 0.717) is 6.54 Å². The molecule has 0 aliphatic heterocycles. The fourth-order valence-corrected chi connectivity index (χ4v) is 1.71. The van der Waals surface area contributed by atoms with E-state index in [-0.39, 0.29) is 11.9 Å². The van der Waals surface area contributed by atoms with Gasteiger partial charge in [0.25, 0.3) is 10.1 Å². The highest BCUT2D eigenvalue weighted by Gasteiger charge is 2.11. The fraction of sp³-hybridized carbons (Fsp3) is 1.00. The van der Waals surface area contributed by atoms with Crippen LogP contribution in [0.2, 0.25) is 0 Å². The zero-order chi connectivity index (χ0) is 8.91. The van der Waals surface area contributed by atoms with Crippen molar-refractivity contribution in [1.29, 1.82) is 0 Å². The first-order valence-electron chi connectivity index (χ1n) is 3.53. The zero-order valence-electron chi connectivity index (χ0n) is 7.12. The van der Waals surface area contributed by atoms with Crippen LogP contribution in [0.1, 0.15) is 13.8 Å². The Bertz CT molecular complexity index is 186. The Morgan fingerprint density at radius 3 is 2.36 bits per heavy atom. The first-order valence-corrected chi connectivity index (χ1v) is 5.11. The van der Waals surface area contributed by atoms with Gasteiger partial charge in [-0.25, -0.2) is 0 Å². The summed E-state index contributed by atoms with van der Waals surface area (Å²) in [7, 11) is -1.61. The van der Waals surface area contributed by atoms with Crippen LogP contribution in [0, 0.1) is 0 Å². The Balaban J connectivity index is 3.82. The van der Waals surface area contributed by atoms with Crippen LogP contribution < -0.4 is 5.32 Å². The van der Waals surface area contributed by atoms with Crippen molar-refractivity contribution < 1.29 is 12.6 Å². The maximum atomic E-state index is 10.9. The second kappa shape index (κ2) is 4.69. The van der Waals surface area contributed by atoms with Gasteiger partial charge in [0.15, 0.2) is 0 Å². The van der Waals surface area contributed by atoms with E-state index in [2.05, 4.69) is 9.50 Å². The molecule has 0 saturated heterocycles. The highest BCUT2D eigenvalue weighted by atomic mass is 32.2. The van der Waals surface area contributed by atoms with E-state index in [1.54, 1.807) is 20.9 Å². The van der Waals surface area contributed by atoms with E-state index in [1.165, 1.54) is 0 Å². The van der Waals surface area contributed by atoms with Gasteiger partial charge in [0.1, 0.15) is 0 Å². The molecular weight excluding hydrogens is 166 g/mol.